The SMILES string of the molecule is Cc1cc(Br)ccc1C(O)c1ccc2c(c1)COC2. The number of hydrogen-bond acceptors (Lipinski definition) is 2. The Kier molecular flexibility index (Phi) is 3.44. The maximum Gasteiger partial charge on any atom is 0.104 e. The minimum atomic E-state index is -0.584. The van der Waals surface area contributed by atoms with E-state index in [0.717, 1.165) is 21.2 Å². The fourth-order valence-electron chi connectivity index (χ4n) is 2.49. The van der Waals surface area contributed by atoms with Crippen molar-refractivity contribution >= 4 is 15.9 Å². The van der Waals surface area contributed by atoms with Crippen LogP contribution < -0.4 is 0 Å². The number of benzene rings is 2. The molecule has 1 N–H and O–H groups in total. The van der Waals surface area contributed by atoms with E-state index in [0.29, 0.717) is 13.2 Å². The predicted molar refractivity (Wildman–Crippen MR) is 77.9 cm³/mol. The van der Waals surface area contributed by atoms with Crippen LogP contribution in [0.25, 0.3) is 0 Å². The molecule has 0 saturated carbocycles. The molecule has 0 bridgehead atoms. The molecule has 1 aliphatic rings. The van der Waals surface area contributed by atoms with Gasteiger partial charge in [0.25, 0.3) is 0 Å². The second-order valence-electron chi connectivity index (χ2n) is 4.92. The summed E-state index contributed by atoms with van der Waals surface area (Å²) in [5.41, 5.74) is 5.37. The van der Waals surface area contributed by atoms with Gasteiger partial charge in [0, 0.05) is 4.47 Å². The van der Waals surface area contributed by atoms with Crippen molar-refractivity contribution in [3.05, 3.63) is 68.7 Å². The Morgan fingerprint density at radius 2 is 1.89 bits per heavy atom. The standard InChI is InChI=1S/C16H15BrO2/c1-10-6-14(17)4-5-15(10)16(18)11-2-3-12-8-19-9-13(12)7-11/h2-7,16,18H,8-9H2,1H3. The number of hydrogen-bond donors (Lipinski definition) is 1. The van der Waals surface area contributed by atoms with E-state index in [-0.39, 0.29) is 0 Å². The van der Waals surface area contributed by atoms with Crippen LogP contribution in [0.4, 0.5) is 0 Å². The second kappa shape index (κ2) is 5.08. The third-order valence-corrected chi connectivity index (χ3v) is 4.08. The molecule has 0 radical (unpaired) electrons. The lowest BCUT2D eigenvalue weighted by molar-refractivity contribution is 0.134. The Balaban J connectivity index is 1.97. The van der Waals surface area contributed by atoms with Crippen molar-refractivity contribution in [2.75, 3.05) is 0 Å². The highest BCUT2D eigenvalue weighted by Crippen LogP contribution is 2.30. The van der Waals surface area contributed by atoms with Crippen molar-refractivity contribution in [2.45, 2.75) is 26.2 Å². The van der Waals surface area contributed by atoms with E-state index >= 15 is 0 Å². The first kappa shape index (κ1) is 12.9. The molecule has 0 aromatic heterocycles. The van der Waals surface area contributed by atoms with Crippen molar-refractivity contribution in [3.8, 4) is 0 Å². The summed E-state index contributed by atoms with van der Waals surface area (Å²) in [6.07, 6.45) is -0.584. The number of halogens is 1. The van der Waals surface area contributed by atoms with Gasteiger partial charge in [0.2, 0.25) is 0 Å². The van der Waals surface area contributed by atoms with Crippen LogP contribution in [0.1, 0.15) is 33.9 Å². The number of rotatable bonds is 2. The predicted octanol–water partition coefficient (Wildman–Crippen LogP) is 3.87. The van der Waals surface area contributed by atoms with E-state index in [1.54, 1.807) is 0 Å². The van der Waals surface area contributed by atoms with Crippen LogP contribution in [0.5, 0.6) is 0 Å². The van der Waals surface area contributed by atoms with Crippen LogP contribution in [-0.2, 0) is 18.0 Å². The quantitative estimate of drug-likeness (QED) is 0.910. The van der Waals surface area contributed by atoms with Gasteiger partial charge in [0.05, 0.1) is 13.2 Å². The van der Waals surface area contributed by atoms with Gasteiger partial charge in [-0.25, -0.2) is 0 Å². The summed E-state index contributed by atoms with van der Waals surface area (Å²) < 4.78 is 6.44. The zero-order chi connectivity index (χ0) is 13.4. The molecule has 1 unspecified atom stereocenters. The lowest BCUT2D eigenvalue weighted by atomic mass is 9.95. The van der Waals surface area contributed by atoms with E-state index < -0.39 is 6.10 Å². The van der Waals surface area contributed by atoms with Crippen molar-refractivity contribution in [1.82, 2.24) is 0 Å². The highest BCUT2D eigenvalue weighted by molar-refractivity contribution is 9.10. The maximum absolute atomic E-state index is 10.5. The minimum Gasteiger partial charge on any atom is -0.384 e. The molecule has 3 heteroatoms. The van der Waals surface area contributed by atoms with Gasteiger partial charge in [0.15, 0.2) is 0 Å². The van der Waals surface area contributed by atoms with Gasteiger partial charge in [-0.15, -0.1) is 0 Å². The summed E-state index contributed by atoms with van der Waals surface area (Å²) in [5, 5.41) is 10.5. The van der Waals surface area contributed by atoms with E-state index in [4.69, 9.17) is 4.74 Å². The molecule has 1 aliphatic heterocycles. The maximum atomic E-state index is 10.5. The van der Waals surface area contributed by atoms with Crippen LogP contribution in [0, 0.1) is 6.92 Å². The normalized spacial score (nSPS) is 15.3. The van der Waals surface area contributed by atoms with Crippen LogP contribution in [0.15, 0.2) is 40.9 Å². The molecule has 98 valence electrons. The fourth-order valence-corrected chi connectivity index (χ4v) is 2.96. The summed E-state index contributed by atoms with van der Waals surface area (Å²) in [6, 6.07) is 12.0. The Hall–Kier alpha value is -1.16. The summed E-state index contributed by atoms with van der Waals surface area (Å²) in [4.78, 5) is 0. The van der Waals surface area contributed by atoms with Crippen LogP contribution in [0.2, 0.25) is 0 Å². The molecular weight excluding hydrogens is 304 g/mol. The van der Waals surface area contributed by atoms with Crippen molar-refractivity contribution in [3.63, 3.8) is 0 Å². The topological polar surface area (TPSA) is 29.5 Å². The average Bonchev–Trinajstić information content (AvgIpc) is 2.85. The number of aliphatic hydroxyl groups is 1. The van der Waals surface area contributed by atoms with Gasteiger partial charge in [-0.2, -0.15) is 0 Å². The van der Waals surface area contributed by atoms with E-state index in [2.05, 4.69) is 28.1 Å². The molecule has 1 atom stereocenters. The monoisotopic (exact) mass is 318 g/mol. The highest BCUT2D eigenvalue weighted by atomic mass is 79.9. The number of fused-ring (bicyclic) bond motifs is 1. The molecule has 1 heterocycles. The molecule has 2 aromatic rings. The molecular formula is C16H15BrO2. The third-order valence-electron chi connectivity index (χ3n) is 3.59. The Bertz CT molecular complexity index is 622. The lowest BCUT2D eigenvalue weighted by Gasteiger charge is -2.15. The first-order chi connectivity index (χ1) is 9.15. The zero-order valence-electron chi connectivity index (χ0n) is 10.7. The smallest absolute Gasteiger partial charge is 0.104 e. The largest absolute Gasteiger partial charge is 0.384 e. The van der Waals surface area contributed by atoms with Gasteiger partial charge in [0.1, 0.15) is 6.10 Å². The summed E-state index contributed by atoms with van der Waals surface area (Å²) in [7, 11) is 0. The van der Waals surface area contributed by atoms with Crippen molar-refractivity contribution in [1.29, 1.82) is 0 Å². The van der Waals surface area contributed by atoms with Gasteiger partial charge in [-0.1, -0.05) is 40.2 Å². The number of ether oxygens (including phenoxy) is 1. The second-order valence-corrected chi connectivity index (χ2v) is 5.84. The van der Waals surface area contributed by atoms with Crippen molar-refractivity contribution in [2.24, 2.45) is 0 Å². The summed E-state index contributed by atoms with van der Waals surface area (Å²) in [5.74, 6) is 0. The molecule has 2 aromatic carbocycles. The summed E-state index contributed by atoms with van der Waals surface area (Å²) in [6.45, 7) is 3.35. The third kappa shape index (κ3) is 2.46. The van der Waals surface area contributed by atoms with Gasteiger partial charge in [-0.05, 0) is 46.9 Å². The van der Waals surface area contributed by atoms with Crippen LogP contribution in [0.3, 0.4) is 0 Å². The molecule has 19 heavy (non-hydrogen) atoms. The van der Waals surface area contributed by atoms with Crippen molar-refractivity contribution < 1.29 is 9.84 Å². The Morgan fingerprint density at radius 1 is 1.11 bits per heavy atom. The van der Waals surface area contributed by atoms with Gasteiger partial charge >= 0.3 is 0 Å². The lowest BCUT2D eigenvalue weighted by Crippen LogP contribution is -2.03. The fraction of sp³-hybridized carbons (Fsp3) is 0.250. The van der Waals surface area contributed by atoms with E-state index in [9.17, 15) is 5.11 Å². The summed E-state index contributed by atoms with van der Waals surface area (Å²) >= 11 is 3.44. The van der Waals surface area contributed by atoms with E-state index in [1.165, 1.54) is 11.1 Å². The van der Waals surface area contributed by atoms with Gasteiger partial charge in [-0.3, -0.25) is 0 Å². The molecule has 3 rings (SSSR count). The van der Waals surface area contributed by atoms with Crippen LogP contribution >= 0.6 is 15.9 Å². The zero-order valence-corrected chi connectivity index (χ0v) is 12.3. The number of aryl methyl sites for hydroxylation is 1. The molecule has 0 spiro atoms. The molecule has 0 amide bonds. The average molecular weight is 319 g/mol. The first-order valence-corrected chi connectivity index (χ1v) is 7.08. The van der Waals surface area contributed by atoms with Gasteiger partial charge < -0.3 is 9.84 Å². The van der Waals surface area contributed by atoms with E-state index in [1.807, 2.05) is 31.2 Å². The van der Waals surface area contributed by atoms with Crippen LogP contribution in [-0.4, -0.2) is 5.11 Å². The molecule has 0 fully saturated rings. The molecule has 0 saturated heterocycles. The minimum absolute atomic E-state index is 0.584. The molecule has 2 nitrogen and oxygen atoms in total. The molecule has 0 aliphatic carbocycles. The highest BCUT2D eigenvalue weighted by Gasteiger charge is 2.17. The number of aliphatic hydroxyl groups excluding tert-OH is 1. The Labute approximate surface area is 121 Å². The first-order valence-electron chi connectivity index (χ1n) is 6.29. The Morgan fingerprint density at radius 3 is 2.68 bits per heavy atom.